The normalized spacial score (nSPS) is 12.7. The molecule has 0 fully saturated rings. The average Bonchev–Trinajstić information content (AvgIpc) is 2.34. The second kappa shape index (κ2) is 6.77. The highest BCUT2D eigenvalue weighted by Gasteiger charge is 2.19. The largest absolute Gasteiger partial charge is 0.301 e. The molecular formula is C10H16Cl2N4O4S2. The van der Waals surface area contributed by atoms with Crippen molar-refractivity contribution in [2.45, 2.75) is 0 Å². The third-order valence-corrected chi connectivity index (χ3v) is 6.00. The number of nitrogens with one attached hydrogen (secondary N) is 2. The predicted molar refractivity (Wildman–Crippen MR) is 88.9 cm³/mol. The molecule has 0 radical (unpaired) electrons. The quantitative estimate of drug-likeness (QED) is 0.767. The van der Waals surface area contributed by atoms with E-state index in [9.17, 15) is 16.8 Å². The van der Waals surface area contributed by atoms with Gasteiger partial charge in [-0.1, -0.05) is 23.2 Å². The first kappa shape index (κ1) is 19.3. The van der Waals surface area contributed by atoms with Crippen molar-refractivity contribution in [3.63, 3.8) is 0 Å². The Kier molecular flexibility index (Phi) is 5.93. The molecule has 0 atom stereocenters. The third-order valence-electron chi connectivity index (χ3n) is 2.50. The van der Waals surface area contributed by atoms with Crippen LogP contribution in [0.4, 0.5) is 11.4 Å². The maximum Gasteiger partial charge on any atom is 0.301 e. The summed E-state index contributed by atoms with van der Waals surface area (Å²) in [5.74, 6) is 0. The summed E-state index contributed by atoms with van der Waals surface area (Å²) in [6.07, 6.45) is 0. The second-order valence-electron chi connectivity index (χ2n) is 4.59. The molecule has 0 spiro atoms. The smallest absolute Gasteiger partial charge is 0.269 e. The van der Waals surface area contributed by atoms with E-state index in [0.717, 1.165) is 8.61 Å². The van der Waals surface area contributed by atoms with Gasteiger partial charge in [-0.25, -0.2) is 0 Å². The van der Waals surface area contributed by atoms with Crippen molar-refractivity contribution in [2.75, 3.05) is 37.6 Å². The summed E-state index contributed by atoms with van der Waals surface area (Å²) in [6.45, 7) is 0. The Bertz CT molecular complexity index is 698. The molecule has 22 heavy (non-hydrogen) atoms. The van der Waals surface area contributed by atoms with Gasteiger partial charge >= 0.3 is 20.4 Å². The van der Waals surface area contributed by atoms with Gasteiger partial charge in [-0.2, -0.15) is 25.4 Å². The highest BCUT2D eigenvalue weighted by Crippen LogP contribution is 2.34. The first-order valence-electron chi connectivity index (χ1n) is 5.76. The third kappa shape index (κ3) is 4.61. The minimum atomic E-state index is -3.76. The molecule has 8 nitrogen and oxygen atoms in total. The number of benzene rings is 1. The Balaban J connectivity index is 3.19. The van der Waals surface area contributed by atoms with Crippen LogP contribution in [0.5, 0.6) is 0 Å². The van der Waals surface area contributed by atoms with Gasteiger partial charge in [-0.3, -0.25) is 9.44 Å². The summed E-state index contributed by atoms with van der Waals surface area (Å²) in [5.41, 5.74) is 0.0707. The van der Waals surface area contributed by atoms with Crippen LogP contribution in [0.2, 0.25) is 10.0 Å². The SMILES string of the molecule is CN(C)S(=O)(=O)Nc1cc(Cl)c(NS(=O)(=O)N(C)C)cc1Cl. The highest BCUT2D eigenvalue weighted by molar-refractivity contribution is 7.90. The molecule has 126 valence electrons. The van der Waals surface area contributed by atoms with Gasteiger partial charge in [0.15, 0.2) is 0 Å². The summed E-state index contributed by atoms with van der Waals surface area (Å²) < 4.78 is 53.4. The van der Waals surface area contributed by atoms with Crippen molar-refractivity contribution in [3.05, 3.63) is 22.2 Å². The maximum atomic E-state index is 11.8. The van der Waals surface area contributed by atoms with Gasteiger partial charge in [0.05, 0.1) is 21.4 Å². The van der Waals surface area contributed by atoms with Gasteiger partial charge in [0.2, 0.25) is 0 Å². The van der Waals surface area contributed by atoms with E-state index in [0.29, 0.717) is 0 Å². The fraction of sp³-hybridized carbons (Fsp3) is 0.400. The fourth-order valence-corrected chi connectivity index (χ4v) is 2.96. The van der Waals surface area contributed by atoms with Crippen LogP contribution in [0.3, 0.4) is 0 Å². The van der Waals surface area contributed by atoms with Crippen molar-refractivity contribution in [2.24, 2.45) is 0 Å². The average molecular weight is 391 g/mol. The van der Waals surface area contributed by atoms with Gasteiger partial charge in [0.25, 0.3) is 0 Å². The Labute approximate surface area is 140 Å². The van der Waals surface area contributed by atoms with E-state index < -0.39 is 20.4 Å². The molecule has 0 saturated heterocycles. The number of nitrogens with zero attached hydrogens (tertiary/aromatic N) is 2. The van der Waals surface area contributed by atoms with Crippen molar-refractivity contribution < 1.29 is 16.8 Å². The van der Waals surface area contributed by atoms with Crippen LogP contribution in [-0.2, 0) is 20.4 Å². The Morgan fingerprint density at radius 1 is 0.773 bits per heavy atom. The minimum absolute atomic E-state index is 0.00807. The van der Waals surface area contributed by atoms with Crippen molar-refractivity contribution in [3.8, 4) is 0 Å². The van der Waals surface area contributed by atoms with Gasteiger partial charge < -0.3 is 0 Å². The second-order valence-corrected chi connectivity index (χ2v) is 9.17. The molecule has 0 saturated carbocycles. The van der Waals surface area contributed by atoms with Crippen molar-refractivity contribution in [1.29, 1.82) is 0 Å². The Morgan fingerprint density at radius 2 is 1.05 bits per heavy atom. The zero-order chi connectivity index (χ0) is 17.3. The molecule has 2 N–H and O–H groups in total. The molecule has 0 amide bonds. The van der Waals surface area contributed by atoms with Crippen LogP contribution >= 0.6 is 23.2 Å². The van der Waals surface area contributed by atoms with E-state index in [4.69, 9.17) is 23.2 Å². The summed E-state index contributed by atoms with van der Waals surface area (Å²) in [7, 11) is -2.14. The fourth-order valence-electron chi connectivity index (χ4n) is 1.16. The number of halogens is 2. The molecule has 1 aromatic rings. The standard InChI is InChI=1S/C10H16Cl2N4O4S2/c1-15(2)21(17,18)13-9-5-8(12)10(6-7(9)11)14-22(19,20)16(3)4/h5-6,13-14H,1-4H3. The first-order valence-corrected chi connectivity index (χ1v) is 9.40. The lowest BCUT2D eigenvalue weighted by molar-refractivity contribution is 0.525. The monoisotopic (exact) mass is 390 g/mol. The van der Waals surface area contributed by atoms with Crippen molar-refractivity contribution in [1.82, 2.24) is 8.61 Å². The van der Waals surface area contributed by atoms with Crippen LogP contribution in [0.1, 0.15) is 0 Å². The molecule has 0 aliphatic carbocycles. The zero-order valence-electron chi connectivity index (χ0n) is 12.3. The van der Waals surface area contributed by atoms with E-state index in [2.05, 4.69) is 9.44 Å². The zero-order valence-corrected chi connectivity index (χ0v) is 15.4. The molecule has 0 unspecified atom stereocenters. The van der Waals surface area contributed by atoms with Crippen LogP contribution in [0.25, 0.3) is 0 Å². The van der Waals surface area contributed by atoms with Gasteiger partial charge in [-0.05, 0) is 12.1 Å². The Morgan fingerprint density at radius 3 is 1.27 bits per heavy atom. The van der Waals surface area contributed by atoms with E-state index in [1.54, 1.807) is 0 Å². The molecule has 1 aromatic carbocycles. The summed E-state index contributed by atoms with van der Waals surface area (Å²) in [5, 5.41) is -0.0161. The molecule has 0 aromatic heterocycles. The lowest BCUT2D eigenvalue weighted by atomic mass is 10.3. The van der Waals surface area contributed by atoms with Crippen LogP contribution < -0.4 is 9.44 Å². The lowest BCUT2D eigenvalue weighted by Gasteiger charge is -2.17. The summed E-state index contributed by atoms with van der Waals surface area (Å²) >= 11 is 11.9. The van der Waals surface area contributed by atoms with E-state index in [1.807, 2.05) is 0 Å². The molecule has 0 bridgehead atoms. The molecular weight excluding hydrogens is 375 g/mol. The minimum Gasteiger partial charge on any atom is -0.269 e. The molecule has 0 heterocycles. The van der Waals surface area contributed by atoms with E-state index in [-0.39, 0.29) is 21.4 Å². The van der Waals surface area contributed by atoms with E-state index >= 15 is 0 Å². The van der Waals surface area contributed by atoms with Gasteiger partial charge in [0, 0.05) is 28.2 Å². The van der Waals surface area contributed by atoms with Crippen LogP contribution in [0, 0.1) is 0 Å². The number of hydrogen-bond acceptors (Lipinski definition) is 4. The number of hydrogen-bond donors (Lipinski definition) is 2. The molecule has 1 rings (SSSR count). The number of rotatable bonds is 6. The molecule has 0 aliphatic heterocycles. The van der Waals surface area contributed by atoms with Crippen LogP contribution in [-0.4, -0.2) is 53.6 Å². The lowest BCUT2D eigenvalue weighted by Crippen LogP contribution is -2.29. The first-order chi connectivity index (χ1) is 9.86. The summed E-state index contributed by atoms with van der Waals surface area (Å²) in [4.78, 5) is 0. The maximum absolute atomic E-state index is 11.8. The summed E-state index contributed by atoms with van der Waals surface area (Å²) in [6, 6.07) is 2.44. The van der Waals surface area contributed by atoms with Gasteiger partial charge in [0.1, 0.15) is 0 Å². The Hall–Kier alpha value is -0.780. The van der Waals surface area contributed by atoms with E-state index in [1.165, 1.54) is 40.3 Å². The topological polar surface area (TPSA) is 98.8 Å². The molecule has 0 aliphatic rings. The molecule has 12 heteroatoms. The van der Waals surface area contributed by atoms with Crippen molar-refractivity contribution >= 4 is 55.0 Å². The highest BCUT2D eigenvalue weighted by atomic mass is 35.5. The van der Waals surface area contributed by atoms with Crippen LogP contribution in [0.15, 0.2) is 12.1 Å². The predicted octanol–water partition coefficient (Wildman–Crippen LogP) is 1.43. The number of anilines is 2. The van der Waals surface area contributed by atoms with Gasteiger partial charge in [-0.15, -0.1) is 0 Å².